The Balaban J connectivity index is 1.79. The third kappa shape index (κ3) is 3.18. The summed E-state index contributed by atoms with van der Waals surface area (Å²) in [5.74, 6) is -2.81. The minimum atomic E-state index is -2.81. The third-order valence-corrected chi connectivity index (χ3v) is 3.02. The van der Waals surface area contributed by atoms with Gasteiger partial charge in [-0.2, -0.15) is 0 Å². The van der Waals surface area contributed by atoms with Crippen LogP contribution >= 0.6 is 0 Å². The molecule has 0 unspecified atom stereocenters. The van der Waals surface area contributed by atoms with E-state index in [0.29, 0.717) is 12.8 Å². The van der Waals surface area contributed by atoms with Crippen LogP contribution in [0.2, 0.25) is 0 Å². The van der Waals surface area contributed by atoms with Crippen LogP contribution < -0.4 is 5.32 Å². The molecule has 98 valence electrons. The minimum Gasteiger partial charge on any atom is -0.445 e. The summed E-state index contributed by atoms with van der Waals surface area (Å²) in [6.07, 6.45) is -0.230. The number of hydrogen-bond acceptors (Lipinski definition) is 2. The van der Waals surface area contributed by atoms with E-state index in [-0.39, 0.29) is 13.0 Å². The summed E-state index contributed by atoms with van der Waals surface area (Å²) in [5, 5.41) is 2.23. The van der Waals surface area contributed by atoms with E-state index in [1.807, 2.05) is 18.2 Å². The third-order valence-electron chi connectivity index (χ3n) is 3.02. The number of hydrogen-bond donors (Lipinski definition) is 1. The molecule has 0 aromatic heterocycles. The molecular formula is C13H15F2NO2. The van der Waals surface area contributed by atoms with Crippen molar-refractivity contribution in [1.29, 1.82) is 0 Å². The Morgan fingerprint density at radius 1 is 1.39 bits per heavy atom. The fourth-order valence-electron chi connectivity index (χ4n) is 2.01. The highest BCUT2D eigenvalue weighted by atomic mass is 19.3. The molecule has 0 spiro atoms. The van der Waals surface area contributed by atoms with Gasteiger partial charge in [0.2, 0.25) is 0 Å². The van der Waals surface area contributed by atoms with E-state index in [9.17, 15) is 13.6 Å². The minimum absolute atomic E-state index is 0.0883. The van der Waals surface area contributed by atoms with Crippen molar-refractivity contribution in [2.75, 3.05) is 0 Å². The van der Waals surface area contributed by atoms with Gasteiger partial charge < -0.3 is 10.1 Å². The van der Waals surface area contributed by atoms with Gasteiger partial charge in [-0.15, -0.1) is 0 Å². The molecule has 1 aliphatic carbocycles. The predicted octanol–water partition coefficient (Wildman–Crippen LogP) is 3.10. The SMILES string of the molecule is O=C(N[C@@H]1CCCC1(F)F)OCc1ccccc1. The highest BCUT2D eigenvalue weighted by Crippen LogP contribution is 2.34. The lowest BCUT2D eigenvalue weighted by atomic mass is 10.2. The molecular weight excluding hydrogens is 240 g/mol. The lowest BCUT2D eigenvalue weighted by Gasteiger charge is -2.19. The van der Waals surface area contributed by atoms with Crippen molar-refractivity contribution in [2.45, 2.75) is 37.8 Å². The van der Waals surface area contributed by atoms with E-state index in [2.05, 4.69) is 5.32 Å². The number of halogens is 2. The number of alkyl halides is 2. The van der Waals surface area contributed by atoms with Crippen molar-refractivity contribution in [1.82, 2.24) is 5.32 Å². The fraction of sp³-hybridized carbons (Fsp3) is 0.462. The molecule has 0 aliphatic heterocycles. The van der Waals surface area contributed by atoms with Crippen LogP contribution in [0.15, 0.2) is 30.3 Å². The fourth-order valence-corrected chi connectivity index (χ4v) is 2.01. The van der Waals surface area contributed by atoms with E-state index in [4.69, 9.17) is 4.74 Å². The van der Waals surface area contributed by atoms with E-state index < -0.39 is 18.1 Å². The second-order valence-electron chi connectivity index (χ2n) is 4.41. The van der Waals surface area contributed by atoms with Crippen molar-refractivity contribution in [3.8, 4) is 0 Å². The summed E-state index contributed by atoms with van der Waals surface area (Å²) >= 11 is 0. The Morgan fingerprint density at radius 2 is 2.11 bits per heavy atom. The molecule has 1 aromatic rings. The molecule has 1 aromatic carbocycles. The number of amides is 1. The summed E-state index contributed by atoms with van der Waals surface area (Å²) in [6.45, 7) is 0.0883. The summed E-state index contributed by atoms with van der Waals surface area (Å²) in [7, 11) is 0. The molecule has 18 heavy (non-hydrogen) atoms. The van der Waals surface area contributed by atoms with Gasteiger partial charge in [-0.05, 0) is 18.4 Å². The van der Waals surface area contributed by atoms with Crippen LogP contribution in [0.3, 0.4) is 0 Å². The average molecular weight is 255 g/mol. The summed E-state index contributed by atoms with van der Waals surface area (Å²) in [6, 6.07) is 8.00. The zero-order chi connectivity index (χ0) is 13.0. The quantitative estimate of drug-likeness (QED) is 0.901. The summed E-state index contributed by atoms with van der Waals surface area (Å²) in [5.41, 5.74) is 0.825. The monoisotopic (exact) mass is 255 g/mol. The number of benzene rings is 1. The van der Waals surface area contributed by atoms with Crippen LogP contribution in [-0.4, -0.2) is 18.1 Å². The number of nitrogens with one attached hydrogen (secondary N) is 1. The van der Waals surface area contributed by atoms with Gasteiger partial charge in [0.25, 0.3) is 5.92 Å². The lowest BCUT2D eigenvalue weighted by molar-refractivity contribution is -0.0181. The second kappa shape index (κ2) is 5.33. The van der Waals surface area contributed by atoms with E-state index in [1.165, 1.54) is 0 Å². The summed E-state index contributed by atoms with van der Waals surface area (Å²) < 4.78 is 31.4. The molecule has 1 aliphatic rings. The Kier molecular flexibility index (Phi) is 3.79. The highest BCUT2D eigenvalue weighted by molar-refractivity contribution is 5.67. The first-order valence-electron chi connectivity index (χ1n) is 5.93. The Morgan fingerprint density at radius 3 is 2.72 bits per heavy atom. The van der Waals surface area contributed by atoms with E-state index in [1.54, 1.807) is 12.1 Å². The smallest absolute Gasteiger partial charge is 0.407 e. The topological polar surface area (TPSA) is 38.3 Å². The largest absolute Gasteiger partial charge is 0.445 e. The zero-order valence-corrected chi connectivity index (χ0v) is 9.86. The highest BCUT2D eigenvalue weighted by Gasteiger charge is 2.44. The first-order valence-corrected chi connectivity index (χ1v) is 5.93. The number of ether oxygens (including phenoxy) is 1. The van der Waals surface area contributed by atoms with Gasteiger partial charge in [-0.1, -0.05) is 30.3 Å². The van der Waals surface area contributed by atoms with E-state index in [0.717, 1.165) is 5.56 Å². The second-order valence-corrected chi connectivity index (χ2v) is 4.41. The molecule has 0 radical (unpaired) electrons. The van der Waals surface area contributed by atoms with Gasteiger partial charge in [-0.3, -0.25) is 0 Å². The Labute approximate surface area is 104 Å². The molecule has 0 heterocycles. The van der Waals surface area contributed by atoms with Crippen molar-refractivity contribution in [2.24, 2.45) is 0 Å². The van der Waals surface area contributed by atoms with Gasteiger partial charge >= 0.3 is 6.09 Å². The average Bonchev–Trinajstić information content (AvgIpc) is 2.68. The predicted molar refractivity (Wildman–Crippen MR) is 62.3 cm³/mol. The van der Waals surface area contributed by atoms with Crippen LogP contribution in [0.5, 0.6) is 0 Å². The summed E-state index contributed by atoms with van der Waals surface area (Å²) in [4.78, 5) is 11.4. The maximum atomic E-state index is 13.3. The van der Waals surface area contributed by atoms with Crippen LogP contribution in [0.1, 0.15) is 24.8 Å². The maximum absolute atomic E-state index is 13.3. The first-order chi connectivity index (χ1) is 8.58. The number of carbonyl (C=O) groups excluding carboxylic acids is 1. The van der Waals surface area contributed by atoms with Crippen LogP contribution in [0.4, 0.5) is 13.6 Å². The van der Waals surface area contributed by atoms with Crippen molar-refractivity contribution in [3.05, 3.63) is 35.9 Å². The van der Waals surface area contributed by atoms with Gasteiger partial charge in [-0.25, -0.2) is 13.6 Å². The van der Waals surface area contributed by atoms with Gasteiger partial charge in [0, 0.05) is 6.42 Å². The lowest BCUT2D eigenvalue weighted by Crippen LogP contribution is -2.44. The maximum Gasteiger partial charge on any atom is 0.407 e. The normalized spacial score (nSPS) is 21.6. The molecule has 2 rings (SSSR count). The zero-order valence-electron chi connectivity index (χ0n) is 9.86. The first kappa shape index (κ1) is 12.8. The van der Waals surface area contributed by atoms with Gasteiger partial charge in [0.1, 0.15) is 6.61 Å². The molecule has 0 saturated heterocycles. The molecule has 1 fully saturated rings. The molecule has 0 bridgehead atoms. The van der Waals surface area contributed by atoms with Gasteiger partial charge in [0.15, 0.2) is 0 Å². The van der Waals surface area contributed by atoms with Crippen LogP contribution in [0.25, 0.3) is 0 Å². The Bertz CT molecular complexity index is 409. The van der Waals surface area contributed by atoms with Crippen molar-refractivity contribution in [3.63, 3.8) is 0 Å². The van der Waals surface area contributed by atoms with Crippen LogP contribution in [-0.2, 0) is 11.3 Å². The molecule has 1 N–H and O–H groups in total. The van der Waals surface area contributed by atoms with Crippen molar-refractivity contribution >= 4 is 6.09 Å². The number of rotatable bonds is 3. The molecule has 1 saturated carbocycles. The molecule has 1 atom stereocenters. The van der Waals surface area contributed by atoms with E-state index >= 15 is 0 Å². The van der Waals surface area contributed by atoms with Gasteiger partial charge in [0.05, 0.1) is 6.04 Å². The number of carbonyl (C=O) groups is 1. The van der Waals surface area contributed by atoms with Crippen molar-refractivity contribution < 1.29 is 18.3 Å². The Hall–Kier alpha value is -1.65. The molecule has 3 nitrogen and oxygen atoms in total. The standard InChI is InChI=1S/C13H15F2NO2/c14-13(15)8-4-7-11(13)16-12(17)18-9-10-5-2-1-3-6-10/h1-3,5-6,11H,4,7-9H2,(H,16,17)/t11-/m1/s1. The number of alkyl carbamates (subject to hydrolysis) is 1. The molecule has 1 amide bonds. The van der Waals surface area contributed by atoms with Crippen LogP contribution in [0, 0.1) is 0 Å². The molecule has 5 heteroatoms.